The summed E-state index contributed by atoms with van der Waals surface area (Å²) in [6.45, 7) is 3.88. The summed E-state index contributed by atoms with van der Waals surface area (Å²) >= 11 is 6.62. The van der Waals surface area contributed by atoms with E-state index in [9.17, 15) is 14.4 Å². The Morgan fingerprint density at radius 2 is 1.58 bits per heavy atom. The largest absolute Gasteiger partial charge is 0.491 e. The second kappa shape index (κ2) is 10.2. The van der Waals surface area contributed by atoms with Crippen LogP contribution in [0.2, 0.25) is 5.02 Å². The third-order valence-corrected chi connectivity index (χ3v) is 9.10. The summed E-state index contributed by atoms with van der Waals surface area (Å²) in [5.41, 5.74) is 2.45. The van der Waals surface area contributed by atoms with E-state index in [2.05, 4.69) is 5.32 Å². The number of halogens is 1. The molecular formula is C36H29ClN2O4. The molecule has 1 amide bonds. The number of hydrogen-bond donors (Lipinski definition) is 1. The van der Waals surface area contributed by atoms with Crippen molar-refractivity contribution in [2.75, 3.05) is 5.32 Å². The van der Waals surface area contributed by atoms with Gasteiger partial charge in [0.15, 0.2) is 11.6 Å². The van der Waals surface area contributed by atoms with Gasteiger partial charge in [-0.1, -0.05) is 66.2 Å². The van der Waals surface area contributed by atoms with Crippen LogP contribution in [0.5, 0.6) is 5.75 Å². The van der Waals surface area contributed by atoms with Crippen LogP contribution < -0.4 is 10.1 Å². The molecule has 0 aromatic heterocycles. The number of ether oxygens (including phenoxy) is 1. The number of nitrogens with one attached hydrogen (secondary N) is 1. The molecule has 3 aliphatic rings. The van der Waals surface area contributed by atoms with Crippen LogP contribution in [0, 0.1) is 5.92 Å². The number of fused-ring (bicyclic) bond motifs is 6. The fourth-order valence-corrected chi connectivity index (χ4v) is 7.37. The summed E-state index contributed by atoms with van der Waals surface area (Å²) in [6.07, 6.45) is 3.79. The number of anilines is 1. The Hall–Kier alpha value is -4.68. The van der Waals surface area contributed by atoms with Gasteiger partial charge in [0.2, 0.25) is 5.91 Å². The maximum Gasteiger partial charge on any atom is 0.238 e. The zero-order chi connectivity index (χ0) is 29.9. The van der Waals surface area contributed by atoms with Crippen LogP contribution >= 0.6 is 11.6 Å². The number of hydrogen-bond acceptors (Lipinski definition) is 5. The van der Waals surface area contributed by atoms with Gasteiger partial charge in [-0.25, -0.2) is 0 Å². The van der Waals surface area contributed by atoms with E-state index in [1.54, 1.807) is 48.5 Å². The summed E-state index contributed by atoms with van der Waals surface area (Å²) in [6, 6.07) is 27.5. The van der Waals surface area contributed by atoms with Crippen molar-refractivity contribution < 1.29 is 19.1 Å². The SMILES string of the molecule is CC(C)Oc1ccc(C(=O)[C@H]2[C@@H](C(=O)c3ccccc3Cl)[C@]3(C(=O)Nc4ccccc43)[C@H]3c4ccccc4C=CN23)cc1. The first-order chi connectivity index (χ1) is 20.8. The predicted octanol–water partition coefficient (Wildman–Crippen LogP) is 7.11. The fraction of sp³-hybridized carbons (Fsp3) is 0.194. The van der Waals surface area contributed by atoms with Crippen LogP contribution in [0.25, 0.3) is 6.08 Å². The Labute approximate surface area is 254 Å². The molecule has 3 heterocycles. The molecule has 43 heavy (non-hydrogen) atoms. The van der Waals surface area contributed by atoms with Gasteiger partial charge in [0.25, 0.3) is 0 Å². The average Bonchev–Trinajstić information content (AvgIpc) is 3.49. The topological polar surface area (TPSA) is 75.7 Å². The van der Waals surface area contributed by atoms with Crippen molar-refractivity contribution in [3.63, 3.8) is 0 Å². The number of benzene rings is 4. The van der Waals surface area contributed by atoms with Crippen LogP contribution in [0.3, 0.4) is 0 Å². The van der Waals surface area contributed by atoms with E-state index >= 15 is 0 Å². The Balaban J connectivity index is 1.49. The Bertz CT molecular complexity index is 1810. The van der Waals surface area contributed by atoms with Gasteiger partial charge in [-0.2, -0.15) is 0 Å². The van der Waals surface area contributed by atoms with Crippen molar-refractivity contribution in [2.24, 2.45) is 5.92 Å². The average molecular weight is 589 g/mol. The van der Waals surface area contributed by atoms with Crippen LogP contribution in [-0.2, 0) is 10.2 Å². The number of nitrogens with zero attached hydrogens (tertiary/aromatic N) is 1. The number of amides is 1. The molecule has 214 valence electrons. The first-order valence-electron chi connectivity index (χ1n) is 14.4. The molecule has 0 radical (unpaired) electrons. The van der Waals surface area contributed by atoms with E-state index in [0.29, 0.717) is 22.6 Å². The van der Waals surface area contributed by atoms with Crippen molar-refractivity contribution in [3.05, 3.63) is 136 Å². The van der Waals surface area contributed by atoms with Crippen LogP contribution in [0.4, 0.5) is 5.69 Å². The van der Waals surface area contributed by atoms with E-state index in [1.165, 1.54) is 0 Å². The molecule has 1 saturated heterocycles. The van der Waals surface area contributed by atoms with Crippen molar-refractivity contribution in [1.29, 1.82) is 0 Å². The Kier molecular flexibility index (Phi) is 6.47. The van der Waals surface area contributed by atoms with Gasteiger partial charge in [0.05, 0.1) is 23.1 Å². The number of ketones is 2. The second-order valence-corrected chi connectivity index (χ2v) is 11.9. The van der Waals surface area contributed by atoms with Crippen LogP contribution in [-0.4, -0.2) is 34.5 Å². The first kappa shape index (κ1) is 27.2. The highest BCUT2D eigenvalue weighted by Crippen LogP contribution is 2.62. The standard InChI is InChI=1S/C36H29ClN2O4/c1-21(2)43-24-17-15-23(16-18-24)32(40)31-30(33(41)26-11-5-7-13-28(26)37)36(27-12-6-8-14-29(27)38-35(36)42)34-25-10-4-3-9-22(25)19-20-39(31)34/h3-21,30-31,34H,1-2H3,(H,38,42)/t30-,31+,34+,36-/m0/s1. The molecule has 1 N–H and O–H groups in total. The van der Waals surface area contributed by atoms with Crippen molar-refractivity contribution in [3.8, 4) is 5.75 Å². The lowest BCUT2D eigenvalue weighted by atomic mass is 9.62. The minimum Gasteiger partial charge on any atom is -0.491 e. The number of para-hydroxylation sites is 1. The highest BCUT2D eigenvalue weighted by Gasteiger charge is 2.70. The van der Waals surface area contributed by atoms with Crippen LogP contribution in [0.15, 0.2) is 103 Å². The maximum absolute atomic E-state index is 14.9. The number of carbonyl (C=O) groups is 3. The van der Waals surface area contributed by atoms with Gasteiger partial charge >= 0.3 is 0 Å². The highest BCUT2D eigenvalue weighted by molar-refractivity contribution is 6.34. The molecule has 0 saturated carbocycles. The monoisotopic (exact) mass is 588 g/mol. The molecule has 3 aliphatic heterocycles. The zero-order valence-corrected chi connectivity index (χ0v) is 24.4. The minimum atomic E-state index is -1.41. The zero-order valence-electron chi connectivity index (χ0n) is 23.7. The van der Waals surface area contributed by atoms with E-state index in [0.717, 1.165) is 11.1 Å². The summed E-state index contributed by atoms with van der Waals surface area (Å²) in [5, 5.41) is 3.34. The Morgan fingerprint density at radius 3 is 2.35 bits per heavy atom. The van der Waals surface area contributed by atoms with E-state index < -0.39 is 23.4 Å². The normalized spacial score (nSPS) is 23.1. The summed E-state index contributed by atoms with van der Waals surface area (Å²) in [5.74, 6) is -1.36. The predicted molar refractivity (Wildman–Crippen MR) is 166 cm³/mol. The van der Waals surface area contributed by atoms with Gasteiger partial charge < -0.3 is 15.0 Å². The van der Waals surface area contributed by atoms with Crippen LogP contribution in [0.1, 0.15) is 57.3 Å². The van der Waals surface area contributed by atoms with E-state index in [1.807, 2.05) is 79.6 Å². The number of Topliss-reactive ketones (excluding diaryl/α,β-unsaturated/α-hetero) is 2. The fourth-order valence-electron chi connectivity index (χ4n) is 7.14. The lowest BCUT2D eigenvalue weighted by molar-refractivity contribution is -0.122. The van der Waals surface area contributed by atoms with Gasteiger partial charge in [-0.05, 0) is 79.1 Å². The van der Waals surface area contributed by atoms with Gasteiger partial charge in [-0.3, -0.25) is 14.4 Å². The quantitative estimate of drug-likeness (QED) is 0.243. The molecular weight excluding hydrogens is 560 g/mol. The van der Waals surface area contributed by atoms with E-state index in [-0.39, 0.29) is 34.2 Å². The second-order valence-electron chi connectivity index (χ2n) is 11.5. The van der Waals surface area contributed by atoms with Gasteiger partial charge in [0, 0.05) is 23.0 Å². The highest BCUT2D eigenvalue weighted by atomic mass is 35.5. The summed E-state index contributed by atoms with van der Waals surface area (Å²) < 4.78 is 5.80. The molecule has 7 rings (SSSR count). The first-order valence-corrected chi connectivity index (χ1v) is 14.8. The molecule has 1 spiro atoms. The van der Waals surface area contributed by atoms with Crippen molar-refractivity contribution >= 4 is 40.8 Å². The molecule has 4 aromatic rings. The molecule has 4 aromatic carbocycles. The molecule has 0 unspecified atom stereocenters. The molecule has 6 nitrogen and oxygen atoms in total. The lowest BCUT2D eigenvalue weighted by Gasteiger charge is -2.38. The summed E-state index contributed by atoms with van der Waals surface area (Å²) in [7, 11) is 0. The number of rotatable bonds is 6. The smallest absolute Gasteiger partial charge is 0.238 e. The molecule has 0 aliphatic carbocycles. The maximum atomic E-state index is 14.9. The third-order valence-electron chi connectivity index (χ3n) is 8.77. The minimum absolute atomic E-state index is 0.0193. The van der Waals surface area contributed by atoms with E-state index in [4.69, 9.17) is 16.3 Å². The lowest BCUT2D eigenvalue weighted by Crippen LogP contribution is -2.49. The molecule has 0 bridgehead atoms. The van der Waals surface area contributed by atoms with Gasteiger partial charge in [0.1, 0.15) is 17.2 Å². The number of carbonyl (C=O) groups excluding carboxylic acids is 3. The third kappa shape index (κ3) is 4.04. The molecule has 7 heteroatoms. The van der Waals surface area contributed by atoms with Crippen molar-refractivity contribution in [2.45, 2.75) is 37.5 Å². The van der Waals surface area contributed by atoms with Crippen molar-refractivity contribution in [1.82, 2.24) is 4.90 Å². The molecule has 1 fully saturated rings. The summed E-state index contributed by atoms with van der Waals surface area (Å²) in [4.78, 5) is 46.0. The molecule has 4 atom stereocenters. The Morgan fingerprint density at radius 1 is 0.884 bits per heavy atom. The van der Waals surface area contributed by atoms with Gasteiger partial charge in [-0.15, -0.1) is 0 Å².